The molecule has 0 fully saturated rings. The van der Waals surface area contributed by atoms with Gasteiger partial charge in [-0.1, -0.05) is 0 Å². The lowest BCUT2D eigenvalue weighted by Gasteiger charge is -2.13. The Balaban J connectivity index is 2.20. The van der Waals surface area contributed by atoms with Crippen molar-refractivity contribution < 1.29 is 18.3 Å². The summed E-state index contributed by atoms with van der Waals surface area (Å²) in [5, 5.41) is 2.93. The molecule has 6 heteroatoms. The molecule has 0 heterocycles. The van der Waals surface area contributed by atoms with E-state index >= 15 is 0 Å². The van der Waals surface area contributed by atoms with Gasteiger partial charge in [-0.25, -0.2) is 8.78 Å². The first-order chi connectivity index (χ1) is 10.0. The van der Waals surface area contributed by atoms with Crippen LogP contribution in [0.4, 0.5) is 14.5 Å². The fourth-order valence-corrected chi connectivity index (χ4v) is 2.44. The lowest BCUT2D eigenvalue weighted by atomic mass is 10.2. The molecule has 21 heavy (non-hydrogen) atoms. The molecule has 3 nitrogen and oxygen atoms in total. The van der Waals surface area contributed by atoms with Crippen molar-refractivity contribution in [3.63, 3.8) is 0 Å². The van der Waals surface area contributed by atoms with Gasteiger partial charge in [0.15, 0.2) is 0 Å². The lowest BCUT2D eigenvalue weighted by molar-refractivity contribution is 0.391. The van der Waals surface area contributed by atoms with E-state index in [4.69, 9.17) is 9.47 Å². The van der Waals surface area contributed by atoms with Gasteiger partial charge < -0.3 is 14.8 Å². The second-order valence-corrected chi connectivity index (χ2v) is 5.13. The van der Waals surface area contributed by atoms with Crippen LogP contribution in [0.5, 0.6) is 11.5 Å². The Hall–Kier alpha value is -1.82. The molecular formula is C15H14BrF2NO2. The van der Waals surface area contributed by atoms with Crippen LogP contribution in [0.1, 0.15) is 5.56 Å². The average molecular weight is 358 g/mol. The van der Waals surface area contributed by atoms with Crippen LogP contribution in [0.25, 0.3) is 0 Å². The Morgan fingerprint density at radius 1 is 1.10 bits per heavy atom. The Labute approximate surface area is 130 Å². The summed E-state index contributed by atoms with van der Waals surface area (Å²) in [6, 6.07) is 7.39. The third-order valence-electron chi connectivity index (χ3n) is 2.96. The molecule has 0 radical (unpaired) electrons. The van der Waals surface area contributed by atoms with Crippen molar-refractivity contribution in [2.45, 2.75) is 6.54 Å². The van der Waals surface area contributed by atoms with Gasteiger partial charge in [0.05, 0.1) is 19.9 Å². The molecule has 0 aliphatic heterocycles. The van der Waals surface area contributed by atoms with Crippen LogP contribution < -0.4 is 14.8 Å². The monoisotopic (exact) mass is 357 g/mol. The van der Waals surface area contributed by atoms with E-state index in [9.17, 15) is 8.78 Å². The minimum atomic E-state index is -0.658. The predicted molar refractivity (Wildman–Crippen MR) is 80.9 cm³/mol. The number of rotatable bonds is 5. The van der Waals surface area contributed by atoms with Crippen molar-refractivity contribution in [2.24, 2.45) is 0 Å². The Morgan fingerprint density at radius 2 is 1.86 bits per heavy atom. The minimum absolute atomic E-state index is 0.203. The van der Waals surface area contributed by atoms with Crippen molar-refractivity contribution in [1.29, 1.82) is 0 Å². The van der Waals surface area contributed by atoms with Crippen LogP contribution >= 0.6 is 15.9 Å². The first kappa shape index (κ1) is 15.6. The van der Waals surface area contributed by atoms with Gasteiger partial charge >= 0.3 is 0 Å². The van der Waals surface area contributed by atoms with Crippen LogP contribution in [-0.4, -0.2) is 14.2 Å². The lowest BCUT2D eigenvalue weighted by Crippen LogP contribution is -2.04. The first-order valence-electron chi connectivity index (χ1n) is 6.14. The molecule has 0 unspecified atom stereocenters. The van der Waals surface area contributed by atoms with Gasteiger partial charge in [0.2, 0.25) is 0 Å². The van der Waals surface area contributed by atoms with Crippen LogP contribution in [0.3, 0.4) is 0 Å². The smallest absolute Gasteiger partial charge is 0.150 e. The van der Waals surface area contributed by atoms with Crippen molar-refractivity contribution in [3.8, 4) is 11.5 Å². The molecule has 0 aliphatic rings. The topological polar surface area (TPSA) is 30.5 Å². The fourth-order valence-electron chi connectivity index (χ4n) is 1.89. The largest absolute Gasteiger partial charge is 0.497 e. The molecule has 2 rings (SSSR count). The van der Waals surface area contributed by atoms with Crippen LogP contribution in [0.2, 0.25) is 0 Å². The van der Waals surface area contributed by atoms with E-state index < -0.39 is 11.6 Å². The van der Waals surface area contributed by atoms with Crippen molar-refractivity contribution in [1.82, 2.24) is 0 Å². The molecule has 112 valence electrons. The Kier molecular flexibility index (Phi) is 5.01. The van der Waals surface area contributed by atoms with Gasteiger partial charge in [-0.3, -0.25) is 0 Å². The summed E-state index contributed by atoms with van der Waals surface area (Å²) in [6.45, 7) is 0.328. The Morgan fingerprint density at radius 3 is 2.48 bits per heavy atom. The number of nitrogens with one attached hydrogen (secondary N) is 1. The summed E-state index contributed by atoms with van der Waals surface area (Å²) in [6.07, 6.45) is 0. The second-order valence-electron chi connectivity index (χ2n) is 4.28. The summed E-state index contributed by atoms with van der Waals surface area (Å²) in [4.78, 5) is 0. The van der Waals surface area contributed by atoms with Crippen molar-refractivity contribution in [2.75, 3.05) is 19.5 Å². The molecule has 0 aromatic heterocycles. The van der Waals surface area contributed by atoms with Crippen LogP contribution in [0.15, 0.2) is 34.8 Å². The standard InChI is InChI=1S/C15H14BrF2NO2/c1-20-11-4-3-9(14(7-11)21-2)8-19-15-12(16)5-10(17)6-13(15)18/h3-7,19H,8H2,1-2H3. The number of ether oxygens (including phenoxy) is 2. The fraction of sp³-hybridized carbons (Fsp3) is 0.200. The molecule has 2 aromatic rings. The first-order valence-corrected chi connectivity index (χ1v) is 6.93. The van der Waals surface area contributed by atoms with Gasteiger partial charge in [0.1, 0.15) is 23.1 Å². The van der Waals surface area contributed by atoms with Gasteiger partial charge in [-0.2, -0.15) is 0 Å². The molecular weight excluding hydrogens is 344 g/mol. The van der Waals surface area contributed by atoms with Gasteiger partial charge in [-0.15, -0.1) is 0 Å². The number of benzene rings is 2. The van der Waals surface area contributed by atoms with Crippen LogP contribution in [-0.2, 0) is 6.54 Å². The predicted octanol–water partition coefficient (Wildman–Crippen LogP) is 4.36. The van der Waals surface area contributed by atoms with E-state index in [1.165, 1.54) is 6.07 Å². The van der Waals surface area contributed by atoms with E-state index in [0.717, 1.165) is 11.6 Å². The maximum atomic E-state index is 13.7. The number of methoxy groups -OCH3 is 2. The summed E-state index contributed by atoms with van der Waals surface area (Å²) in [5.41, 5.74) is 1.03. The quantitative estimate of drug-likeness (QED) is 0.862. The average Bonchev–Trinajstić information content (AvgIpc) is 2.46. The number of hydrogen-bond acceptors (Lipinski definition) is 3. The maximum absolute atomic E-state index is 13.7. The van der Waals surface area contributed by atoms with Crippen LogP contribution in [0, 0.1) is 11.6 Å². The molecule has 0 saturated heterocycles. The summed E-state index contributed by atoms with van der Waals surface area (Å²) >= 11 is 3.14. The van der Waals surface area contributed by atoms with Gasteiger partial charge in [0.25, 0.3) is 0 Å². The molecule has 0 bridgehead atoms. The highest BCUT2D eigenvalue weighted by Gasteiger charge is 2.11. The number of anilines is 1. The van der Waals surface area contributed by atoms with E-state index in [-0.39, 0.29) is 5.69 Å². The normalized spacial score (nSPS) is 10.3. The molecule has 0 spiro atoms. The summed E-state index contributed by atoms with van der Waals surface area (Å²) in [7, 11) is 3.12. The van der Waals surface area contributed by atoms with Gasteiger partial charge in [-0.05, 0) is 34.1 Å². The SMILES string of the molecule is COc1ccc(CNc2c(F)cc(F)cc2Br)c(OC)c1. The summed E-state index contributed by atoms with van der Waals surface area (Å²) < 4.78 is 37.5. The van der Waals surface area contributed by atoms with E-state index in [2.05, 4.69) is 21.2 Å². The van der Waals surface area contributed by atoms with Crippen molar-refractivity contribution >= 4 is 21.6 Å². The van der Waals surface area contributed by atoms with E-state index in [1.807, 2.05) is 6.07 Å². The highest BCUT2D eigenvalue weighted by atomic mass is 79.9. The molecule has 0 saturated carbocycles. The van der Waals surface area contributed by atoms with E-state index in [1.54, 1.807) is 26.4 Å². The molecule has 0 amide bonds. The zero-order valence-electron chi connectivity index (χ0n) is 11.5. The summed E-state index contributed by atoms with van der Waals surface area (Å²) in [5.74, 6) is 0.00606. The van der Waals surface area contributed by atoms with E-state index in [0.29, 0.717) is 22.5 Å². The van der Waals surface area contributed by atoms with Crippen molar-refractivity contribution in [3.05, 3.63) is 52.0 Å². The number of hydrogen-bond donors (Lipinski definition) is 1. The maximum Gasteiger partial charge on any atom is 0.150 e. The zero-order valence-corrected chi connectivity index (χ0v) is 13.1. The third-order valence-corrected chi connectivity index (χ3v) is 3.58. The van der Waals surface area contributed by atoms with Gasteiger partial charge in [0, 0.05) is 28.7 Å². The second kappa shape index (κ2) is 6.76. The Bertz CT molecular complexity index is 627. The molecule has 1 N–H and O–H groups in total. The third kappa shape index (κ3) is 3.64. The molecule has 2 aromatic carbocycles. The minimum Gasteiger partial charge on any atom is -0.497 e. The molecule has 0 atom stereocenters. The molecule has 0 aliphatic carbocycles. The zero-order chi connectivity index (χ0) is 15.4. The highest BCUT2D eigenvalue weighted by Crippen LogP contribution is 2.29. The number of halogens is 3. The highest BCUT2D eigenvalue weighted by molar-refractivity contribution is 9.10.